The molecule has 112 valence electrons. The molecule has 2 aromatic carbocycles. The van der Waals surface area contributed by atoms with Gasteiger partial charge in [-0.25, -0.2) is 4.39 Å². The summed E-state index contributed by atoms with van der Waals surface area (Å²) in [5.74, 6) is 0.342. The molecule has 0 radical (unpaired) electrons. The highest BCUT2D eigenvalue weighted by molar-refractivity contribution is 9.11. The van der Waals surface area contributed by atoms with Gasteiger partial charge in [-0.2, -0.15) is 0 Å². The molecule has 0 aliphatic heterocycles. The standard InChI is InChI=1S/C15H13Br2ClFNO/c1-2-21-15-11(16)5-9(6-12(15)17)8-20-10-3-4-13(18)14(19)7-10/h3-7,20H,2,8H2,1H3. The highest BCUT2D eigenvalue weighted by Crippen LogP contribution is 2.35. The maximum absolute atomic E-state index is 13.4. The summed E-state index contributed by atoms with van der Waals surface area (Å²) < 4.78 is 20.6. The normalized spacial score (nSPS) is 10.5. The van der Waals surface area contributed by atoms with Crippen molar-refractivity contribution in [3.63, 3.8) is 0 Å². The number of ether oxygens (including phenoxy) is 1. The Labute approximate surface area is 144 Å². The van der Waals surface area contributed by atoms with Crippen molar-refractivity contribution in [3.05, 3.63) is 55.7 Å². The van der Waals surface area contributed by atoms with E-state index in [1.807, 2.05) is 19.1 Å². The number of anilines is 1. The van der Waals surface area contributed by atoms with Gasteiger partial charge in [-0.15, -0.1) is 0 Å². The zero-order valence-electron chi connectivity index (χ0n) is 11.2. The first-order chi connectivity index (χ1) is 10.0. The van der Waals surface area contributed by atoms with Gasteiger partial charge in [0.2, 0.25) is 0 Å². The number of hydrogen-bond acceptors (Lipinski definition) is 2. The van der Waals surface area contributed by atoms with Gasteiger partial charge >= 0.3 is 0 Å². The summed E-state index contributed by atoms with van der Waals surface area (Å²) >= 11 is 12.6. The molecule has 0 heterocycles. The average molecular weight is 438 g/mol. The maximum Gasteiger partial charge on any atom is 0.147 e. The van der Waals surface area contributed by atoms with Crippen LogP contribution in [-0.2, 0) is 6.54 Å². The van der Waals surface area contributed by atoms with E-state index in [-0.39, 0.29) is 5.02 Å². The third kappa shape index (κ3) is 4.34. The monoisotopic (exact) mass is 435 g/mol. The average Bonchev–Trinajstić information content (AvgIpc) is 2.44. The van der Waals surface area contributed by atoms with Crippen LogP contribution in [-0.4, -0.2) is 6.61 Å². The van der Waals surface area contributed by atoms with Gasteiger partial charge in [-0.1, -0.05) is 11.6 Å². The van der Waals surface area contributed by atoms with Gasteiger partial charge in [-0.05, 0) is 74.7 Å². The number of rotatable bonds is 5. The zero-order chi connectivity index (χ0) is 15.4. The third-order valence-electron chi connectivity index (χ3n) is 2.76. The summed E-state index contributed by atoms with van der Waals surface area (Å²) in [5, 5.41) is 3.27. The van der Waals surface area contributed by atoms with E-state index in [1.165, 1.54) is 12.1 Å². The minimum Gasteiger partial charge on any atom is -0.492 e. The van der Waals surface area contributed by atoms with Crippen LogP contribution in [0.3, 0.4) is 0 Å². The molecule has 0 bridgehead atoms. The Kier molecular flexibility index (Phi) is 5.90. The van der Waals surface area contributed by atoms with Gasteiger partial charge < -0.3 is 10.1 Å². The molecule has 1 N–H and O–H groups in total. The molecule has 0 saturated heterocycles. The van der Waals surface area contributed by atoms with Crippen LogP contribution in [0.5, 0.6) is 5.75 Å². The van der Waals surface area contributed by atoms with Crippen molar-refractivity contribution in [2.24, 2.45) is 0 Å². The Morgan fingerprint density at radius 1 is 1.19 bits per heavy atom. The van der Waals surface area contributed by atoms with E-state index in [0.29, 0.717) is 18.8 Å². The number of nitrogens with one attached hydrogen (secondary N) is 1. The first kappa shape index (κ1) is 16.6. The second kappa shape index (κ2) is 7.47. The molecular formula is C15H13Br2ClFNO. The van der Waals surface area contributed by atoms with E-state index >= 15 is 0 Å². The van der Waals surface area contributed by atoms with E-state index in [1.54, 1.807) is 6.07 Å². The molecule has 0 aliphatic carbocycles. The van der Waals surface area contributed by atoms with Gasteiger partial charge in [0.05, 0.1) is 20.6 Å². The second-order valence-electron chi connectivity index (χ2n) is 4.30. The van der Waals surface area contributed by atoms with Crippen LogP contribution in [0.15, 0.2) is 39.3 Å². The summed E-state index contributed by atoms with van der Waals surface area (Å²) in [6, 6.07) is 8.58. The Morgan fingerprint density at radius 2 is 1.86 bits per heavy atom. The van der Waals surface area contributed by atoms with Crippen LogP contribution in [0.1, 0.15) is 12.5 Å². The topological polar surface area (TPSA) is 21.3 Å². The second-order valence-corrected chi connectivity index (χ2v) is 6.42. The van der Waals surface area contributed by atoms with E-state index in [9.17, 15) is 4.39 Å². The van der Waals surface area contributed by atoms with Crippen LogP contribution in [0.4, 0.5) is 10.1 Å². The molecule has 0 amide bonds. The van der Waals surface area contributed by atoms with Crippen molar-refractivity contribution in [2.75, 3.05) is 11.9 Å². The molecule has 2 rings (SSSR count). The molecule has 0 saturated carbocycles. The van der Waals surface area contributed by atoms with Gasteiger partial charge in [0, 0.05) is 12.2 Å². The maximum atomic E-state index is 13.4. The number of benzene rings is 2. The van der Waals surface area contributed by atoms with E-state index in [4.69, 9.17) is 16.3 Å². The Balaban J connectivity index is 2.11. The van der Waals surface area contributed by atoms with Crippen molar-refractivity contribution < 1.29 is 9.13 Å². The highest BCUT2D eigenvalue weighted by Gasteiger charge is 2.09. The Morgan fingerprint density at radius 3 is 2.43 bits per heavy atom. The smallest absolute Gasteiger partial charge is 0.147 e. The minimum absolute atomic E-state index is 0.118. The van der Waals surface area contributed by atoms with Gasteiger partial charge in [0.15, 0.2) is 0 Å². The van der Waals surface area contributed by atoms with Crippen molar-refractivity contribution in [3.8, 4) is 5.75 Å². The van der Waals surface area contributed by atoms with Crippen LogP contribution < -0.4 is 10.1 Å². The summed E-state index contributed by atoms with van der Waals surface area (Å²) in [4.78, 5) is 0. The van der Waals surface area contributed by atoms with Crippen LogP contribution >= 0.6 is 43.5 Å². The number of halogens is 4. The lowest BCUT2D eigenvalue weighted by Gasteiger charge is -2.12. The zero-order valence-corrected chi connectivity index (χ0v) is 15.1. The van der Waals surface area contributed by atoms with E-state index in [2.05, 4.69) is 37.2 Å². The Bertz CT molecular complexity index is 629. The molecule has 0 unspecified atom stereocenters. The minimum atomic E-state index is -0.435. The van der Waals surface area contributed by atoms with Crippen molar-refractivity contribution >= 4 is 49.1 Å². The molecule has 0 spiro atoms. The van der Waals surface area contributed by atoms with Crippen molar-refractivity contribution in [2.45, 2.75) is 13.5 Å². The van der Waals surface area contributed by atoms with Gasteiger partial charge in [0.25, 0.3) is 0 Å². The lowest BCUT2D eigenvalue weighted by atomic mass is 10.2. The Hall–Kier alpha value is -0.780. The van der Waals surface area contributed by atoms with Crippen LogP contribution in [0.2, 0.25) is 5.02 Å². The molecule has 21 heavy (non-hydrogen) atoms. The predicted octanol–water partition coefficient (Wildman–Crippen LogP) is 6.01. The molecule has 0 aliphatic rings. The lowest BCUT2D eigenvalue weighted by Crippen LogP contribution is -2.01. The van der Waals surface area contributed by atoms with E-state index in [0.717, 1.165) is 20.3 Å². The SMILES string of the molecule is CCOc1c(Br)cc(CNc2ccc(Cl)c(F)c2)cc1Br. The third-order valence-corrected chi connectivity index (χ3v) is 4.25. The van der Waals surface area contributed by atoms with Crippen molar-refractivity contribution in [1.82, 2.24) is 0 Å². The summed E-state index contributed by atoms with van der Waals surface area (Å²) in [5.41, 5.74) is 1.71. The number of hydrogen-bond donors (Lipinski definition) is 1. The van der Waals surface area contributed by atoms with Gasteiger partial charge in [0.1, 0.15) is 11.6 Å². The molecule has 0 fully saturated rings. The van der Waals surface area contributed by atoms with E-state index < -0.39 is 5.82 Å². The summed E-state index contributed by atoms with van der Waals surface area (Å²) in [6.07, 6.45) is 0. The molecule has 0 atom stereocenters. The molecule has 2 aromatic rings. The quantitative estimate of drug-likeness (QED) is 0.618. The van der Waals surface area contributed by atoms with Crippen molar-refractivity contribution in [1.29, 1.82) is 0 Å². The summed E-state index contributed by atoms with van der Waals surface area (Å²) in [7, 11) is 0. The molecular weight excluding hydrogens is 424 g/mol. The largest absolute Gasteiger partial charge is 0.492 e. The lowest BCUT2D eigenvalue weighted by molar-refractivity contribution is 0.336. The molecule has 2 nitrogen and oxygen atoms in total. The first-order valence-electron chi connectivity index (χ1n) is 6.31. The fourth-order valence-electron chi connectivity index (χ4n) is 1.81. The fraction of sp³-hybridized carbons (Fsp3) is 0.200. The first-order valence-corrected chi connectivity index (χ1v) is 8.27. The highest BCUT2D eigenvalue weighted by atomic mass is 79.9. The van der Waals surface area contributed by atoms with Gasteiger partial charge in [-0.3, -0.25) is 0 Å². The predicted molar refractivity (Wildman–Crippen MR) is 91.7 cm³/mol. The summed E-state index contributed by atoms with van der Waals surface area (Å²) in [6.45, 7) is 3.09. The molecule has 0 aromatic heterocycles. The van der Waals surface area contributed by atoms with Crippen LogP contribution in [0, 0.1) is 5.82 Å². The fourth-order valence-corrected chi connectivity index (χ4v) is 3.43. The van der Waals surface area contributed by atoms with Crippen LogP contribution in [0.25, 0.3) is 0 Å². The molecule has 6 heteroatoms.